The van der Waals surface area contributed by atoms with Gasteiger partial charge in [0.1, 0.15) is 10.6 Å². The van der Waals surface area contributed by atoms with Gasteiger partial charge in [-0.05, 0) is 12.1 Å². The fourth-order valence-electron chi connectivity index (χ4n) is 0.602. The van der Waals surface area contributed by atoms with Crippen LogP contribution >= 0.6 is 0 Å². The standard InChI is InChI=1S/C6H5N6/c7-9-11-12-10-8-6-4-2-1-3-5-6/h1-5H/q+1/b10-8?,12-11+. The lowest BCUT2D eigenvalue weighted by molar-refractivity contribution is 0.943. The Hall–Kier alpha value is -2.16. The van der Waals surface area contributed by atoms with Crippen molar-refractivity contribution in [3.05, 3.63) is 35.4 Å². The number of diazo groups is 1. The molecule has 12 heavy (non-hydrogen) atoms. The first-order valence-electron chi connectivity index (χ1n) is 3.13. The molecule has 1 aromatic rings. The van der Waals surface area contributed by atoms with E-state index in [1.54, 1.807) is 12.1 Å². The monoisotopic (exact) mass is 161 g/mol. The summed E-state index contributed by atoms with van der Waals surface area (Å²) in [6, 6.07) is 9.03. The number of hydrogen-bond donors (Lipinski definition) is 0. The number of nitrogens with zero attached hydrogens (tertiary/aromatic N) is 6. The van der Waals surface area contributed by atoms with Crippen LogP contribution in [0.25, 0.3) is 5.08 Å². The van der Waals surface area contributed by atoms with Crippen molar-refractivity contribution in [1.82, 2.24) is 0 Å². The second kappa shape index (κ2) is 4.62. The molecule has 0 radical (unpaired) electrons. The molecule has 1 aromatic carbocycles. The molecule has 58 valence electrons. The van der Waals surface area contributed by atoms with Crippen molar-refractivity contribution in [2.24, 2.45) is 20.8 Å². The summed E-state index contributed by atoms with van der Waals surface area (Å²) in [6.07, 6.45) is 0. The first-order chi connectivity index (χ1) is 5.93. The van der Waals surface area contributed by atoms with E-state index in [-0.39, 0.29) is 0 Å². The molecule has 6 heteroatoms. The zero-order valence-corrected chi connectivity index (χ0v) is 6.07. The van der Waals surface area contributed by atoms with Gasteiger partial charge in [0, 0.05) is 0 Å². The van der Waals surface area contributed by atoms with E-state index >= 15 is 0 Å². The molecule has 6 nitrogen and oxygen atoms in total. The van der Waals surface area contributed by atoms with E-state index < -0.39 is 0 Å². The van der Waals surface area contributed by atoms with Crippen molar-refractivity contribution >= 4 is 5.69 Å². The van der Waals surface area contributed by atoms with Gasteiger partial charge in [0.2, 0.25) is 5.22 Å². The second-order valence-electron chi connectivity index (χ2n) is 1.79. The molecule has 0 N–H and O–H groups in total. The third kappa shape index (κ3) is 2.62. The quantitative estimate of drug-likeness (QED) is 0.373. The molecule has 0 aromatic heterocycles. The summed E-state index contributed by atoms with van der Waals surface area (Å²) in [4.78, 5) is 0. The lowest BCUT2D eigenvalue weighted by Crippen LogP contribution is -1.58. The Labute approximate surface area is 68.2 Å². The summed E-state index contributed by atoms with van der Waals surface area (Å²) in [5.41, 5.74) is 0.661. The zero-order valence-electron chi connectivity index (χ0n) is 6.07. The van der Waals surface area contributed by atoms with Gasteiger partial charge >= 0.3 is 5.22 Å². The molecule has 0 unspecified atom stereocenters. The third-order valence-corrected chi connectivity index (χ3v) is 1.04. The van der Waals surface area contributed by atoms with Gasteiger partial charge in [-0.25, -0.2) is 0 Å². The van der Waals surface area contributed by atoms with Gasteiger partial charge < -0.3 is 0 Å². The van der Waals surface area contributed by atoms with Gasteiger partial charge in [-0.2, -0.15) is 0 Å². The molecule has 0 amide bonds. The third-order valence-electron chi connectivity index (χ3n) is 1.04. The van der Waals surface area contributed by atoms with E-state index in [0.717, 1.165) is 0 Å². The van der Waals surface area contributed by atoms with Crippen molar-refractivity contribution in [2.75, 3.05) is 0 Å². The van der Waals surface area contributed by atoms with Gasteiger partial charge in [-0.1, -0.05) is 18.2 Å². The number of rotatable bonds is 2. The molecule has 0 fully saturated rings. The number of hydrogen-bond acceptors (Lipinski definition) is 3. The van der Waals surface area contributed by atoms with E-state index in [4.69, 9.17) is 5.39 Å². The maximum Gasteiger partial charge on any atom is 0.314 e. The van der Waals surface area contributed by atoms with Crippen LogP contribution in [0.5, 0.6) is 0 Å². The van der Waals surface area contributed by atoms with Crippen LogP contribution in [-0.4, -0.2) is 0 Å². The Kier molecular flexibility index (Phi) is 3.06. The van der Waals surface area contributed by atoms with Gasteiger partial charge in [0.15, 0.2) is 5.08 Å². The number of benzene rings is 1. The molecular formula is C6H5N6+. The van der Waals surface area contributed by atoms with Crippen molar-refractivity contribution in [3.8, 4) is 0 Å². The van der Waals surface area contributed by atoms with Gasteiger partial charge in [0.25, 0.3) is 0 Å². The average Bonchev–Trinajstić information content (AvgIpc) is 2.14. The summed E-state index contributed by atoms with van der Waals surface area (Å²) >= 11 is 0. The highest BCUT2D eigenvalue weighted by Gasteiger charge is 1.86. The van der Waals surface area contributed by atoms with Crippen LogP contribution < -0.4 is 0 Å². The zero-order chi connectivity index (χ0) is 8.65. The van der Waals surface area contributed by atoms with E-state index in [9.17, 15) is 0 Å². The summed E-state index contributed by atoms with van der Waals surface area (Å²) in [5.74, 6) is 0. The van der Waals surface area contributed by atoms with Gasteiger partial charge in [-0.3, -0.25) is 0 Å². The SMILES string of the molecule is N#[N+]/N=N/N=Nc1ccccc1. The molecule has 0 spiro atoms. The second-order valence-corrected chi connectivity index (χ2v) is 1.79. The Balaban J connectivity index is 2.59. The minimum atomic E-state index is 0.661. The highest BCUT2D eigenvalue weighted by atomic mass is 15.5. The van der Waals surface area contributed by atoms with Crippen molar-refractivity contribution in [2.45, 2.75) is 0 Å². The lowest BCUT2D eigenvalue weighted by atomic mass is 10.3. The largest absolute Gasteiger partial charge is 0.314 e. The predicted octanol–water partition coefficient (Wildman–Crippen LogP) is 2.91. The summed E-state index contributed by atoms with van der Waals surface area (Å²) < 4.78 is 0. The molecule has 0 aliphatic carbocycles. The summed E-state index contributed by atoms with van der Waals surface area (Å²) in [6.45, 7) is 0. The van der Waals surface area contributed by atoms with Crippen molar-refractivity contribution in [3.63, 3.8) is 0 Å². The molecule has 0 atom stereocenters. The van der Waals surface area contributed by atoms with E-state index in [0.29, 0.717) is 5.69 Å². The maximum absolute atomic E-state index is 7.83. The fraction of sp³-hybridized carbons (Fsp3) is 0. The first-order valence-corrected chi connectivity index (χ1v) is 3.13. The van der Waals surface area contributed by atoms with E-state index in [2.05, 4.69) is 25.9 Å². The average molecular weight is 161 g/mol. The van der Waals surface area contributed by atoms with Crippen LogP contribution in [0.4, 0.5) is 5.69 Å². The Bertz CT molecular complexity index is 322. The summed E-state index contributed by atoms with van der Waals surface area (Å²) in [5, 5.41) is 23.0. The predicted molar refractivity (Wildman–Crippen MR) is 40.9 cm³/mol. The van der Waals surface area contributed by atoms with E-state index in [1.807, 2.05) is 18.2 Å². The molecule has 0 aliphatic heterocycles. The Morgan fingerprint density at radius 1 is 1.08 bits per heavy atom. The topological polar surface area (TPSA) is 77.6 Å². The molecule has 0 bridgehead atoms. The van der Waals surface area contributed by atoms with Gasteiger partial charge in [-0.15, -0.1) is 5.11 Å². The maximum atomic E-state index is 7.83. The molecule has 0 saturated carbocycles. The Morgan fingerprint density at radius 2 is 1.83 bits per heavy atom. The first kappa shape index (κ1) is 7.94. The van der Waals surface area contributed by atoms with E-state index in [1.165, 1.54) is 0 Å². The van der Waals surface area contributed by atoms with Crippen molar-refractivity contribution in [1.29, 1.82) is 5.39 Å². The lowest BCUT2D eigenvalue weighted by Gasteiger charge is -1.83. The van der Waals surface area contributed by atoms with Gasteiger partial charge in [0.05, 0.1) is 5.69 Å². The molecule has 0 heterocycles. The normalized spacial score (nSPS) is 10.6. The van der Waals surface area contributed by atoms with Crippen LogP contribution in [0.3, 0.4) is 0 Å². The Morgan fingerprint density at radius 3 is 2.50 bits per heavy atom. The van der Waals surface area contributed by atoms with Crippen LogP contribution in [0.15, 0.2) is 51.1 Å². The molecule has 0 aliphatic rings. The summed E-state index contributed by atoms with van der Waals surface area (Å²) in [7, 11) is 0. The molecular weight excluding hydrogens is 156 g/mol. The highest BCUT2D eigenvalue weighted by molar-refractivity contribution is 5.34. The van der Waals surface area contributed by atoms with Crippen LogP contribution in [0, 0.1) is 5.39 Å². The minimum absolute atomic E-state index is 0.661. The van der Waals surface area contributed by atoms with Crippen LogP contribution in [-0.2, 0) is 0 Å². The minimum Gasteiger partial charge on any atom is -0.106 e. The van der Waals surface area contributed by atoms with Crippen LogP contribution in [0.1, 0.15) is 0 Å². The van der Waals surface area contributed by atoms with Crippen LogP contribution in [0.2, 0.25) is 0 Å². The molecule has 1 rings (SSSR count). The fourth-order valence-corrected chi connectivity index (χ4v) is 0.602. The smallest absolute Gasteiger partial charge is 0.106 e. The van der Waals surface area contributed by atoms with Crippen molar-refractivity contribution < 1.29 is 0 Å². The highest BCUT2D eigenvalue weighted by Crippen LogP contribution is 2.09. The molecule has 0 saturated heterocycles.